The van der Waals surface area contributed by atoms with Crippen molar-refractivity contribution in [3.63, 3.8) is 0 Å². The molecule has 0 saturated heterocycles. The number of aromatic nitrogens is 2. The van der Waals surface area contributed by atoms with Crippen molar-refractivity contribution >= 4 is 34.1 Å². The van der Waals surface area contributed by atoms with Crippen molar-refractivity contribution in [2.75, 3.05) is 11.1 Å². The van der Waals surface area contributed by atoms with E-state index in [1.165, 1.54) is 11.3 Å². The van der Waals surface area contributed by atoms with E-state index in [1.807, 2.05) is 19.9 Å². The van der Waals surface area contributed by atoms with Crippen molar-refractivity contribution in [3.8, 4) is 0 Å². The van der Waals surface area contributed by atoms with Gasteiger partial charge in [0, 0.05) is 5.75 Å². The Labute approximate surface area is 139 Å². The van der Waals surface area contributed by atoms with Gasteiger partial charge in [-0.2, -0.15) is 0 Å². The van der Waals surface area contributed by atoms with Crippen molar-refractivity contribution < 1.29 is 4.79 Å². The van der Waals surface area contributed by atoms with Crippen LogP contribution in [0.1, 0.15) is 30.5 Å². The average molecular weight is 335 g/mol. The van der Waals surface area contributed by atoms with Crippen LogP contribution in [-0.4, -0.2) is 21.9 Å². The summed E-state index contributed by atoms with van der Waals surface area (Å²) in [6.07, 6.45) is 0.363. The normalized spacial score (nSPS) is 11.0. The number of amides is 1. The van der Waals surface area contributed by atoms with E-state index in [9.17, 15) is 4.79 Å². The minimum atomic E-state index is -0.0507. The summed E-state index contributed by atoms with van der Waals surface area (Å²) in [7, 11) is 0. The molecule has 2 aromatic rings. The number of anilines is 1. The van der Waals surface area contributed by atoms with Crippen LogP contribution < -0.4 is 5.32 Å². The van der Waals surface area contributed by atoms with Crippen LogP contribution >= 0.6 is 23.1 Å². The summed E-state index contributed by atoms with van der Waals surface area (Å²) in [5.41, 5.74) is 3.35. The molecule has 0 bridgehead atoms. The number of rotatable bonds is 6. The van der Waals surface area contributed by atoms with Gasteiger partial charge in [0.1, 0.15) is 0 Å². The molecule has 1 aromatic carbocycles. The quantitative estimate of drug-likeness (QED) is 0.638. The molecule has 0 saturated carbocycles. The van der Waals surface area contributed by atoms with Crippen LogP contribution in [0.5, 0.6) is 0 Å². The van der Waals surface area contributed by atoms with E-state index in [0.29, 0.717) is 17.5 Å². The van der Waals surface area contributed by atoms with Gasteiger partial charge >= 0.3 is 0 Å². The highest BCUT2D eigenvalue weighted by atomic mass is 32.2. The fraction of sp³-hybridized carbons (Fsp3) is 0.438. The Kier molecular flexibility index (Phi) is 5.97. The van der Waals surface area contributed by atoms with Gasteiger partial charge in [-0.25, -0.2) is 0 Å². The Balaban J connectivity index is 1.93. The molecule has 2 rings (SSSR count). The lowest BCUT2D eigenvalue weighted by Crippen LogP contribution is -2.15. The minimum absolute atomic E-state index is 0.0507. The standard InChI is InChI=1S/C16H21N3OS2/c1-10(2)9-21-16-19-18-15(22-16)17-14(20)8-13-7-11(3)5-6-12(13)4/h5-7,10H,8-9H2,1-4H3,(H,17,18,20). The van der Waals surface area contributed by atoms with Crippen molar-refractivity contribution in [1.82, 2.24) is 10.2 Å². The topological polar surface area (TPSA) is 54.9 Å². The number of nitrogens with one attached hydrogen (secondary N) is 1. The first-order chi connectivity index (χ1) is 10.4. The summed E-state index contributed by atoms with van der Waals surface area (Å²) < 4.78 is 0.899. The molecular weight excluding hydrogens is 314 g/mol. The summed E-state index contributed by atoms with van der Waals surface area (Å²) in [5.74, 6) is 1.56. The molecule has 0 atom stereocenters. The summed E-state index contributed by atoms with van der Waals surface area (Å²) in [5, 5.41) is 11.5. The Hall–Kier alpha value is -1.40. The first kappa shape index (κ1) is 17.0. The fourth-order valence-electron chi connectivity index (χ4n) is 1.88. The van der Waals surface area contributed by atoms with Crippen LogP contribution in [0.4, 0.5) is 5.13 Å². The lowest BCUT2D eigenvalue weighted by molar-refractivity contribution is -0.115. The van der Waals surface area contributed by atoms with Gasteiger partial charge in [0.15, 0.2) is 4.34 Å². The van der Waals surface area contributed by atoms with Gasteiger partial charge in [-0.1, -0.05) is 60.7 Å². The third kappa shape index (κ3) is 5.10. The van der Waals surface area contributed by atoms with Crippen LogP contribution in [0.25, 0.3) is 0 Å². The summed E-state index contributed by atoms with van der Waals surface area (Å²) in [6, 6.07) is 6.15. The largest absolute Gasteiger partial charge is 0.300 e. The SMILES string of the molecule is Cc1ccc(C)c(CC(=O)Nc2nnc(SCC(C)C)s2)c1. The highest BCUT2D eigenvalue weighted by Gasteiger charge is 2.11. The summed E-state index contributed by atoms with van der Waals surface area (Å²) in [6.45, 7) is 8.39. The Morgan fingerprint density at radius 2 is 2.09 bits per heavy atom. The first-order valence-electron chi connectivity index (χ1n) is 7.26. The second-order valence-electron chi connectivity index (χ2n) is 5.73. The molecule has 1 amide bonds. The van der Waals surface area contributed by atoms with Gasteiger partial charge in [-0.15, -0.1) is 10.2 Å². The minimum Gasteiger partial charge on any atom is -0.300 e. The van der Waals surface area contributed by atoms with Crippen LogP contribution in [0.2, 0.25) is 0 Å². The van der Waals surface area contributed by atoms with E-state index < -0.39 is 0 Å². The van der Waals surface area contributed by atoms with Gasteiger partial charge in [0.05, 0.1) is 6.42 Å². The number of hydrogen-bond donors (Lipinski definition) is 1. The molecule has 0 aliphatic rings. The van der Waals surface area contributed by atoms with Gasteiger partial charge in [-0.3, -0.25) is 4.79 Å². The Morgan fingerprint density at radius 1 is 1.32 bits per heavy atom. The molecule has 1 aromatic heterocycles. The van der Waals surface area contributed by atoms with Crippen LogP contribution in [0.3, 0.4) is 0 Å². The number of aryl methyl sites for hydroxylation is 2. The molecule has 0 unspecified atom stereocenters. The number of hydrogen-bond acceptors (Lipinski definition) is 5. The molecule has 0 radical (unpaired) electrons. The predicted octanol–water partition coefficient (Wildman–Crippen LogP) is 4.08. The van der Waals surface area contributed by atoms with E-state index in [1.54, 1.807) is 11.8 Å². The molecule has 0 fully saturated rings. The molecule has 1 N–H and O–H groups in total. The van der Waals surface area contributed by atoms with Gasteiger partial charge in [0.25, 0.3) is 0 Å². The van der Waals surface area contributed by atoms with Gasteiger partial charge in [0.2, 0.25) is 11.0 Å². The third-order valence-corrected chi connectivity index (χ3v) is 5.45. The van der Waals surface area contributed by atoms with Crippen LogP contribution in [0, 0.1) is 19.8 Å². The van der Waals surface area contributed by atoms with E-state index >= 15 is 0 Å². The Morgan fingerprint density at radius 3 is 2.82 bits per heavy atom. The zero-order valence-electron chi connectivity index (χ0n) is 13.3. The number of benzene rings is 1. The monoisotopic (exact) mass is 335 g/mol. The lowest BCUT2D eigenvalue weighted by atomic mass is 10.0. The summed E-state index contributed by atoms with van der Waals surface area (Å²) in [4.78, 5) is 12.1. The number of thioether (sulfide) groups is 1. The zero-order valence-corrected chi connectivity index (χ0v) is 15.0. The van der Waals surface area contributed by atoms with Crippen molar-refractivity contribution in [1.29, 1.82) is 0 Å². The molecule has 22 heavy (non-hydrogen) atoms. The molecule has 1 heterocycles. The van der Waals surface area contributed by atoms with E-state index in [2.05, 4.69) is 41.5 Å². The van der Waals surface area contributed by atoms with Crippen molar-refractivity contribution in [2.45, 2.75) is 38.5 Å². The van der Waals surface area contributed by atoms with Crippen LogP contribution in [0.15, 0.2) is 22.5 Å². The highest BCUT2D eigenvalue weighted by molar-refractivity contribution is 8.01. The number of carbonyl (C=O) groups is 1. The third-order valence-electron chi connectivity index (χ3n) is 3.05. The fourth-order valence-corrected chi connectivity index (χ4v) is 3.63. The number of carbonyl (C=O) groups excluding carboxylic acids is 1. The second kappa shape index (κ2) is 7.74. The van der Waals surface area contributed by atoms with Gasteiger partial charge in [-0.05, 0) is 30.9 Å². The molecule has 118 valence electrons. The molecule has 6 heteroatoms. The maximum atomic E-state index is 12.1. The van der Waals surface area contributed by atoms with Crippen molar-refractivity contribution in [3.05, 3.63) is 34.9 Å². The van der Waals surface area contributed by atoms with Crippen LogP contribution in [-0.2, 0) is 11.2 Å². The molecular formula is C16H21N3OS2. The zero-order chi connectivity index (χ0) is 16.1. The second-order valence-corrected chi connectivity index (χ2v) is 7.98. The van der Waals surface area contributed by atoms with E-state index in [-0.39, 0.29) is 5.91 Å². The average Bonchev–Trinajstić information content (AvgIpc) is 2.88. The molecule has 0 aliphatic carbocycles. The smallest absolute Gasteiger partial charge is 0.230 e. The maximum Gasteiger partial charge on any atom is 0.230 e. The number of nitrogens with zero attached hydrogens (tertiary/aromatic N) is 2. The molecule has 0 spiro atoms. The maximum absolute atomic E-state index is 12.1. The van der Waals surface area contributed by atoms with E-state index in [0.717, 1.165) is 26.8 Å². The predicted molar refractivity (Wildman–Crippen MR) is 93.7 cm³/mol. The summed E-state index contributed by atoms with van der Waals surface area (Å²) >= 11 is 3.11. The molecule has 0 aliphatic heterocycles. The Bertz CT molecular complexity index is 653. The highest BCUT2D eigenvalue weighted by Crippen LogP contribution is 2.27. The lowest BCUT2D eigenvalue weighted by Gasteiger charge is -2.06. The first-order valence-corrected chi connectivity index (χ1v) is 9.06. The molecule has 4 nitrogen and oxygen atoms in total. The van der Waals surface area contributed by atoms with Crippen molar-refractivity contribution in [2.24, 2.45) is 5.92 Å². The van der Waals surface area contributed by atoms with E-state index in [4.69, 9.17) is 0 Å². The van der Waals surface area contributed by atoms with Gasteiger partial charge < -0.3 is 5.32 Å².